The summed E-state index contributed by atoms with van der Waals surface area (Å²) in [6.07, 6.45) is 2.72. The molecule has 1 aromatic heterocycles. The third kappa shape index (κ3) is 5.79. The summed E-state index contributed by atoms with van der Waals surface area (Å²) >= 11 is 2.01. The Bertz CT molecular complexity index is 1070. The zero-order valence-corrected chi connectivity index (χ0v) is 17.2. The number of hydrogen-bond acceptors (Lipinski definition) is 5. The van der Waals surface area contributed by atoms with Crippen molar-refractivity contribution in [1.29, 1.82) is 0 Å². The van der Waals surface area contributed by atoms with Crippen LogP contribution >= 0.6 is 22.6 Å². The second-order valence-electron chi connectivity index (χ2n) is 5.78. The molecule has 0 atom stereocenters. The third-order valence-electron chi connectivity index (χ3n) is 3.72. The van der Waals surface area contributed by atoms with E-state index < -0.39 is 11.8 Å². The third-order valence-corrected chi connectivity index (χ3v) is 4.30. The number of para-hydroxylation sites is 1. The van der Waals surface area contributed by atoms with Gasteiger partial charge in [-0.1, -0.05) is 36.4 Å². The van der Waals surface area contributed by atoms with E-state index in [1.165, 1.54) is 18.4 Å². The molecule has 0 fully saturated rings. The van der Waals surface area contributed by atoms with Crippen LogP contribution in [0.15, 0.2) is 81.9 Å². The largest absolute Gasteiger partial charge is 0.507 e. The Balaban J connectivity index is 1.81. The maximum absolute atomic E-state index is 12.6. The van der Waals surface area contributed by atoms with Gasteiger partial charge in [0.05, 0.1) is 6.21 Å². The number of nitrogens with zero attached hydrogens (tertiary/aromatic N) is 1. The normalized spacial score (nSPS) is 11.4. The van der Waals surface area contributed by atoms with Gasteiger partial charge in [-0.15, -0.1) is 0 Å². The Hall–Kier alpha value is -3.40. The summed E-state index contributed by atoms with van der Waals surface area (Å²) in [5.74, 6) is -0.684. The van der Waals surface area contributed by atoms with Crippen LogP contribution in [0.4, 0.5) is 0 Å². The van der Waals surface area contributed by atoms with Crippen molar-refractivity contribution < 1.29 is 19.1 Å². The summed E-state index contributed by atoms with van der Waals surface area (Å²) in [6, 6.07) is 18.4. The number of carbonyl (C=O) groups excluding carboxylic acids is 2. The number of nitrogens with one attached hydrogen (secondary N) is 2. The van der Waals surface area contributed by atoms with Crippen molar-refractivity contribution >= 4 is 46.7 Å². The number of furan rings is 1. The van der Waals surface area contributed by atoms with Crippen LogP contribution in [0.3, 0.4) is 0 Å². The SMILES string of the molecule is O=C(NN=Cc1ccc(I)o1)C(=Cc1ccccc1O)NC(=O)c1ccccc1. The molecule has 0 radical (unpaired) electrons. The standard InChI is InChI=1S/C21H16IN3O4/c22-19-11-10-16(29-19)13-23-25-21(28)17(12-15-8-4-5-9-18(15)26)24-20(27)14-6-2-1-3-7-14/h1-13,26H,(H,24,27)(H,25,28). The van der Waals surface area contributed by atoms with Gasteiger partial charge in [-0.2, -0.15) is 5.10 Å². The van der Waals surface area contributed by atoms with E-state index in [0.29, 0.717) is 20.7 Å². The molecule has 0 bridgehead atoms. The van der Waals surface area contributed by atoms with Crippen molar-refractivity contribution in [2.45, 2.75) is 0 Å². The molecule has 0 aliphatic rings. The van der Waals surface area contributed by atoms with Gasteiger partial charge in [-0.05, 0) is 59.0 Å². The Morgan fingerprint density at radius 2 is 1.72 bits per heavy atom. The van der Waals surface area contributed by atoms with Crippen LogP contribution in [0.5, 0.6) is 5.75 Å². The molecule has 1 heterocycles. The van der Waals surface area contributed by atoms with Gasteiger partial charge in [-0.25, -0.2) is 5.43 Å². The first-order chi connectivity index (χ1) is 14.0. The molecule has 0 saturated carbocycles. The molecule has 0 spiro atoms. The second kappa shape index (κ2) is 9.69. The van der Waals surface area contributed by atoms with Crippen molar-refractivity contribution in [2.75, 3.05) is 0 Å². The number of aromatic hydroxyl groups is 1. The van der Waals surface area contributed by atoms with E-state index >= 15 is 0 Å². The summed E-state index contributed by atoms with van der Waals surface area (Å²) in [6.45, 7) is 0. The number of amides is 2. The van der Waals surface area contributed by atoms with E-state index in [4.69, 9.17) is 4.42 Å². The zero-order chi connectivity index (χ0) is 20.6. The van der Waals surface area contributed by atoms with Gasteiger partial charge in [0, 0.05) is 11.1 Å². The van der Waals surface area contributed by atoms with Gasteiger partial charge in [0.25, 0.3) is 11.8 Å². The van der Waals surface area contributed by atoms with Gasteiger partial charge >= 0.3 is 0 Å². The Labute approximate surface area is 180 Å². The molecular weight excluding hydrogens is 485 g/mol. The van der Waals surface area contributed by atoms with Crippen LogP contribution in [0.2, 0.25) is 0 Å². The van der Waals surface area contributed by atoms with Crippen LogP contribution in [-0.2, 0) is 4.79 Å². The molecule has 0 saturated heterocycles. The lowest BCUT2D eigenvalue weighted by Crippen LogP contribution is -2.32. The molecule has 3 rings (SSSR count). The van der Waals surface area contributed by atoms with Crippen LogP contribution < -0.4 is 10.7 Å². The van der Waals surface area contributed by atoms with Crippen molar-refractivity contribution in [3.05, 3.63) is 93.1 Å². The van der Waals surface area contributed by atoms with Crippen molar-refractivity contribution in [3.8, 4) is 5.75 Å². The number of carbonyl (C=O) groups is 2. The number of benzene rings is 2. The van der Waals surface area contributed by atoms with E-state index in [1.807, 2.05) is 22.6 Å². The molecular formula is C21H16IN3O4. The quantitative estimate of drug-likeness (QED) is 0.208. The van der Waals surface area contributed by atoms with Crippen LogP contribution in [0, 0.1) is 3.77 Å². The summed E-state index contributed by atoms with van der Waals surface area (Å²) in [4.78, 5) is 25.1. The minimum Gasteiger partial charge on any atom is -0.507 e. The van der Waals surface area contributed by atoms with Crippen molar-refractivity contribution in [2.24, 2.45) is 5.10 Å². The zero-order valence-electron chi connectivity index (χ0n) is 15.0. The number of phenols is 1. The summed E-state index contributed by atoms with van der Waals surface area (Å²) in [5.41, 5.74) is 3.02. The Morgan fingerprint density at radius 1 is 1.00 bits per heavy atom. The van der Waals surface area contributed by atoms with Crippen LogP contribution in [0.25, 0.3) is 6.08 Å². The topological polar surface area (TPSA) is 104 Å². The lowest BCUT2D eigenvalue weighted by Gasteiger charge is -2.09. The highest BCUT2D eigenvalue weighted by Gasteiger charge is 2.15. The van der Waals surface area contributed by atoms with Gasteiger partial charge in [0.15, 0.2) is 3.77 Å². The molecule has 8 heteroatoms. The molecule has 7 nitrogen and oxygen atoms in total. The highest BCUT2D eigenvalue weighted by Crippen LogP contribution is 2.18. The Kier molecular flexibility index (Phi) is 6.80. The van der Waals surface area contributed by atoms with E-state index in [0.717, 1.165) is 0 Å². The summed E-state index contributed by atoms with van der Waals surface area (Å²) in [5, 5.41) is 16.4. The van der Waals surface area contributed by atoms with E-state index in [2.05, 4.69) is 15.8 Å². The predicted molar refractivity (Wildman–Crippen MR) is 117 cm³/mol. The van der Waals surface area contributed by atoms with Crippen LogP contribution in [0.1, 0.15) is 21.7 Å². The highest BCUT2D eigenvalue weighted by atomic mass is 127. The molecule has 0 aliphatic heterocycles. The molecule has 2 aromatic carbocycles. The monoisotopic (exact) mass is 501 g/mol. The first kappa shape index (κ1) is 20.3. The molecule has 0 unspecified atom stereocenters. The lowest BCUT2D eigenvalue weighted by molar-refractivity contribution is -0.117. The molecule has 29 heavy (non-hydrogen) atoms. The molecule has 2 amide bonds. The van der Waals surface area contributed by atoms with Gasteiger partial charge in [-0.3, -0.25) is 9.59 Å². The molecule has 146 valence electrons. The molecule has 3 aromatic rings. The van der Waals surface area contributed by atoms with E-state index in [1.54, 1.807) is 60.7 Å². The maximum atomic E-state index is 12.6. The number of rotatable bonds is 6. The first-order valence-corrected chi connectivity index (χ1v) is 9.55. The number of halogens is 1. The second-order valence-corrected chi connectivity index (χ2v) is 6.84. The Morgan fingerprint density at radius 3 is 2.41 bits per heavy atom. The van der Waals surface area contributed by atoms with Gasteiger partial charge in [0.1, 0.15) is 17.2 Å². The molecule has 0 aliphatic carbocycles. The first-order valence-electron chi connectivity index (χ1n) is 8.48. The average Bonchev–Trinajstić information content (AvgIpc) is 3.14. The fourth-order valence-electron chi connectivity index (χ4n) is 2.32. The minimum absolute atomic E-state index is 0.0274. The fraction of sp³-hybridized carbons (Fsp3) is 0. The minimum atomic E-state index is -0.657. The average molecular weight is 501 g/mol. The van der Waals surface area contributed by atoms with Gasteiger partial charge in [0.2, 0.25) is 0 Å². The van der Waals surface area contributed by atoms with E-state index in [-0.39, 0.29) is 11.4 Å². The summed E-state index contributed by atoms with van der Waals surface area (Å²) in [7, 11) is 0. The lowest BCUT2D eigenvalue weighted by atomic mass is 10.1. The van der Waals surface area contributed by atoms with Crippen LogP contribution in [-0.4, -0.2) is 23.1 Å². The van der Waals surface area contributed by atoms with E-state index in [9.17, 15) is 14.7 Å². The fourth-order valence-corrected chi connectivity index (χ4v) is 2.75. The van der Waals surface area contributed by atoms with Gasteiger partial charge < -0.3 is 14.8 Å². The van der Waals surface area contributed by atoms with Crippen molar-refractivity contribution in [1.82, 2.24) is 10.7 Å². The molecule has 3 N–H and O–H groups in total. The maximum Gasteiger partial charge on any atom is 0.287 e. The number of phenolic OH excluding ortho intramolecular Hbond substituents is 1. The number of hydrogen-bond donors (Lipinski definition) is 3. The smallest absolute Gasteiger partial charge is 0.287 e. The summed E-state index contributed by atoms with van der Waals surface area (Å²) < 4.78 is 6.01. The van der Waals surface area contributed by atoms with Crippen molar-refractivity contribution in [3.63, 3.8) is 0 Å². The predicted octanol–water partition coefficient (Wildman–Crippen LogP) is 3.51. The number of hydrazone groups is 1. The highest BCUT2D eigenvalue weighted by molar-refractivity contribution is 14.1.